The summed E-state index contributed by atoms with van der Waals surface area (Å²) in [5.41, 5.74) is 3.30. The monoisotopic (exact) mass is 345 g/mol. The van der Waals surface area contributed by atoms with E-state index in [1.165, 1.54) is 0 Å². The summed E-state index contributed by atoms with van der Waals surface area (Å²) in [5, 5.41) is 2.77. The van der Waals surface area contributed by atoms with Crippen LogP contribution in [0.2, 0.25) is 0 Å². The number of hydrogen-bond donors (Lipinski definition) is 2. The first-order chi connectivity index (χ1) is 12.8. The number of rotatable bonds is 6. The molecule has 1 amide bonds. The number of nitrogens with one attached hydrogen (secondary N) is 2. The molecule has 0 fully saturated rings. The third-order valence-corrected chi connectivity index (χ3v) is 3.78. The van der Waals surface area contributed by atoms with E-state index in [9.17, 15) is 4.79 Å². The van der Waals surface area contributed by atoms with Gasteiger partial charge in [-0.05, 0) is 36.2 Å². The second-order valence-corrected chi connectivity index (χ2v) is 5.56. The number of fused-ring (bicyclic) bond motifs is 1. The summed E-state index contributed by atoms with van der Waals surface area (Å²) in [5.74, 6) is 6.43. The van der Waals surface area contributed by atoms with Gasteiger partial charge in [-0.1, -0.05) is 36.1 Å². The maximum atomic E-state index is 12.1. The summed E-state index contributed by atoms with van der Waals surface area (Å²) in [6.45, 7) is 4.27. The average Bonchev–Trinajstić information content (AvgIpc) is 3.13. The summed E-state index contributed by atoms with van der Waals surface area (Å²) in [7, 11) is 0. The Kier molecular flexibility index (Phi) is 5.69. The molecule has 0 saturated carbocycles. The van der Waals surface area contributed by atoms with Crippen LogP contribution < -0.4 is 10.1 Å². The Hall–Kier alpha value is -3.52. The molecular formula is C21H19N3O2. The van der Waals surface area contributed by atoms with E-state index < -0.39 is 0 Å². The number of para-hydroxylation sites is 1. The molecule has 1 heterocycles. The van der Waals surface area contributed by atoms with Crippen molar-refractivity contribution in [2.24, 2.45) is 0 Å². The third kappa shape index (κ3) is 4.31. The van der Waals surface area contributed by atoms with Gasteiger partial charge < -0.3 is 15.0 Å². The van der Waals surface area contributed by atoms with Crippen molar-refractivity contribution in [1.82, 2.24) is 15.3 Å². The number of nitrogens with zero attached hydrogens (tertiary/aromatic N) is 1. The smallest absolute Gasteiger partial charge is 0.252 e. The SMILES string of the molecule is C=CCc1ccccc1OCC#CCNC(=O)c1ccc2nc[nH]c2c1. The van der Waals surface area contributed by atoms with E-state index >= 15 is 0 Å². The Bertz CT molecular complexity index is 979. The zero-order chi connectivity index (χ0) is 18.2. The van der Waals surface area contributed by atoms with Crippen LogP contribution in [0, 0.1) is 11.8 Å². The lowest BCUT2D eigenvalue weighted by atomic mass is 10.1. The molecule has 0 unspecified atom stereocenters. The molecule has 0 aliphatic carbocycles. The number of ether oxygens (including phenoxy) is 1. The molecule has 26 heavy (non-hydrogen) atoms. The van der Waals surface area contributed by atoms with Gasteiger partial charge in [0.05, 0.1) is 23.9 Å². The minimum Gasteiger partial charge on any atom is -0.481 e. The molecule has 0 saturated heterocycles. The molecule has 3 rings (SSSR count). The maximum Gasteiger partial charge on any atom is 0.252 e. The number of hydrogen-bond acceptors (Lipinski definition) is 3. The first-order valence-electron chi connectivity index (χ1n) is 8.26. The lowest BCUT2D eigenvalue weighted by molar-refractivity contribution is 0.0959. The zero-order valence-corrected chi connectivity index (χ0v) is 14.3. The molecule has 5 nitrogen and oxygen atoms in total. The fraction of sp³-hybridized carbons (Fsp3) is 0.143. The lowest BCUT2D eigenvalue weighted by Gasteiger charge is -2.07. The molecule has 0 spiro atoms. The molecule has 5 heteroatoms. The van der Waals surface area contributed by atoms with E-state index in [-0.39, 0.29) is 19.1 Å². The van der Waals surface area contributed by atoms with Gasteiger partial charge in [0, 0.05) is 5.56 Å². The van der Waals surface area contributed by atoms with Crippen molar-refractivity contribution in [3.63, 3.8) is 0 Å². The zero-order valence-electron chi connectivity index (χ0n) is 14.3. The van der Waals surface area contributed by atoms with Crippen LogP contribution in [0.15, 0.2) is 61.4 Å². The highest BCUT2D eigenvalue weighted by Gasteiger charge is 2.06. The fourth-order valence-corrected chi connectivity index (χ4v) is 2.50. The van der Waals surface area contributed by atoms with Crippen LogP contribution in [0.5, 0.6) is 5.75 Å². The summed E-state index contributed by atoms with van der Waals surface area (Å²) < 4.78 is 5.68. The van der Waals surface area contributed by atoms with Crippen LogP contribution in [0.4, 0.5) is 0 Å². The van der Waals surface area contributed by atoms with Crippen LogP contribution in [0.3, 0.4) is 0 Å². The Morgan fingerprint density at radius 3 is 3.04 bits per heavy atom. The van der Waals surface area contributed by atoms with Gasteiger partial charge in [-0.25, -0.2) is 4.98 Å². The minimum atomic E-state index is -0.173. The topological polar surface area (TPSA) is 67.0 Å². The van der Waals surface area contributed by atoms with Crippen molar-refractivity contribution in [3.05, 3.63) is 72.6 Å². The molecule has 3 aromatic rings. The normalized spacial score (nSPS) is 10.0. The van der Waals surface area contributed by atoms with Gasteiger partial charge in [0.25, 0.3) is 5.91 Å². The summed E-state index contributed by atoms with van der Waals surface area (Å²) >= 11 is 0. The Labute approximate surface area is 152 Å². The number of aromatic amines is 1. The highest BCUT2D eigenvalue weighted by Crippen LogP contribution is 2.18. The molecule has 130 valence electrons. The van der Waals surface area contributed by atoms with Crippen molar-refractivity contribution >= 4 is 16.9 Å². The largest absolute Gasteiger partial charge is 0.481 e. The number of carbonyl (C=O) groups excluding carboxylic acids is 1. The molecule has 2 aromatic carbocycles. The average molecular weight is 345 g/mol. The summed E-state index contributed by atoms with van der Waals surface area (Å²) in [6.07, 6.45) is 4.19. The van der Waals surface area contributed by atoms with Crippen LogP contribution in [0.25, 0.3) is 11.0 Å². The number of H-pyrrole nitrogens is 1. The molecule has 1 aromatic heterocycles. The van der Waals surface area contributed by atoms with E-state index in [1.807, 2.05) is 30.3 Å². The number of carbonyl (C=O) groups is 1. The Balaban J connectivity index is 1.48. The minimum absolute atomic E-state index is 0.173. The van der Waals surface area contributed by atoms with Crippen molar-refractivity contribution < 1.29 is 9.53 Å². The molecule has 0 atom stereocenters. The van der Waals surface area contributed by atoms with Gasteiger partial charge in [-0.15, -0.1) is 6.58 Å². The second-order valence-electron chi connectivity index (χ2n) is 5.56. The number of aromatic nitrogens is 2. The molecule has 0 radical (unpaired) electrons. The Morgan fingerprint density at radius 2 is 2.15 bits per heavy atom. The van der Waals surface area contributed by atoms with E-state index in [0.29, 0.717) is 5.56 Å². The lowest BCUT2D eigenvalue weighted by Crippen LogP contribution is -2.23. The molecular weight excluding hydrogens is 326 g/mol. The van der Waals surface area contributed by atoms with Crippen molar-refractivity contribution in [3.8, 4) is 17.6 Å². The number of allylic oxidation sites excluding steroid dienone is 1. The van der Waals surface area contributed by atoms with E-state index in [4.69, 9.17) is 4.74 Å². The number of imidazole rings is 1. The predicted octanol–water partition coefficient (Wildman–Crippen LogP) is 3.10. The van der Waals surface area contributed by atoms with E-state index in [1.54, 1.807) is 24.5 Å². The van der Waals surface area contributed by atoms with Gasteiger partial charge in [0.2, 0.25) is 0 Å². The highest BCUT2D eigenvalue weighted by molar-refractivity contribution is 5.97. The first-order valence-corrected chi connectivity index (χ1v) is 8.26. The van der Waals surface area contributed by atoms with Crippen molar-refractivity contribution in [2.45, 2.75) is 6.42 Å². The van der Waals surface area contributed by atoms with Gasteiger partial charge in [0.1, 0.15) is 12.4 Å². The highest BCUT2D eigenvalue weighted by atomic mass is 16.5. The molecule has 0 aliphatic rings. The summed E-state index contributed by atoms with van der Waals surface area (Å²) in [4.78, 5) is 19.2. The summed E-state index contributed by atoms with van der Waals surface area (Å²) in [6, 6.07) is 13.1. The first kappa shape index (κ1) is 17.3. The fourth-order valence-electron chi connectivity index (χ4n) is 2.50. The molecule has 0 aliphatic heterocycles. The van der Waals surface area contributed by atoms with Crippen LogP contribution in [0.1, 0.15) is 15.9 Å². The Morgan fingerprint density at radius 1 is 1.27 bits per heavy atom. The standard InChI is InChI=1S/C21H19N3O2/c1-2-7-16-8-3-4-9-20(16)26-13-6-5-12-22-21(25)17-10-11-18-19(14-17)24-15-23-18/h2-4,8-11,14-15H,1,7,12-13H2,(H,22,25)(H,23,24). The van der Waals surface area contributed by atoms with Gasteiger partial charge in [-0.3, -0.25) is 4.79 Å². The molecule has 2 N–H and O–H groups in total. The van der Waals surface area contributed by atoms with Crippen LogP contribution in [-0.2, 0) is 6.42 Å². The second kappa shape index (κ2) is 8.54. The van der Waals surface area contributed by atoms with E-state index in [0.717, 1.165) is 28.8 Å². The predicted molar refractivity (Wildman–Crippen MR) is 102 cm³/mol. The third-order valence-electron chi connectivity index (χ3n) is 3.78. The number of benzene rings is 2. The van der Waals surface area contributed by atoms with Crippen molar-refractivity contribution in [2.75, 3.05) is 13.2 Å². The van der Waals surface area contributed by atoms with E-state index in [2.05, 4.69) is 33.7 Å². The van der Waals surface area contributed by atoms with Gasteiger partial charge >= 0.3 is 0 Å². The van der Waals surface area contributed by atoms with Crippen molar-refractivity contribution in [1.29, 1.82) is 0 Å². The van der Waals surface area contributed by atoms with Gasteiger partial charge in [-0.2, -0.15) is 0 Å². The van der Waals surface area contributed by atoms with Gasteiger partial charge in [0.15, 0.2) is 0 Å². The van der Waals surface area contributed by atoms with Crippen LogP contribution in [-0.4, -0.2) is 29.0 Å². The number of amides is 1. The maximum absolute atomic E-state index is 12.1. The van der Waals surface area contributed by atoms with Crippen LogP contribution >= 0.6 is 0 Å². The quantitative estimate of drug-likeness (QED) is 0.533. The molecule has 0 bridgehead atoms.